The first-order chi connectivity index (χ1) is 20.7. The molecule has 0 aliphatic rings. The Balaban J connectivity index is 1.62. The molecule has 8 nitrogen and oxygen atoms in total. The second-order valence-electron chi connectivity index (χ2n) is 10.5. The number of furan rings is 1. The van der Waals surface area contributed by atoms with E-state index in [-0.39, 0.29) is 29.3 Å². The van der Waals surface area contributed by atoms with Crippen LogP contribution in [0.3, 0.4) is 0 Å². The smallest absolute Gasteiger partial charge is 0.269 e. The maximum absolute atomic E-state index is 13.6. The number of carbonyl (C=O) groups excluding carboxylic acids is 3. The van der Waals surface area contributed by atoms with E-state index < -0.39 is 5.82 Å². The van der Waals surface area contributed by atoms with Gasteiger partial charge in [-0.25, -0.2) is 4.39 Å². The fraction of sp³-hybridized carbons (Fsp3) is 0.176. The van der Waals surface area contributed by atoms with E-state index in [0.717, 1.165) is 11.1 Å². The number of nitrogens with one attached hydrogen (secondary N) is 3. The van der Waals surface area contributed by atoms with E-state index >= 15 is 0 Å². The van der Waals surface area contributed by atoms with Crippen molar-refractivity contribution in [3.63, 3.8) is 0 Å². The highest BCUT2D eigenvalue weighted by molar-refractivity contribution is 6.12. The summed E-state index contributed by atoms with van der Waals surface area (Å²) in [6.07, 6.45) is 1.57. The van der Waals surface area contributed by atoms with E-state index in [2.05, 4.69) is 20.9 Å². The number of hydrogen-bond donors (Lipinski definition) is 3. The van der Waals surface area contributed by atoms with Crippen molar-refractivity contribution in [1.82, 2.24) is 20.9 Å². The Labute approximate surface area is 248 Å². The summed E-state index contributed by atoms with van der Waals surface area (Å²) in [5, 5.41) is 8.80. The van der Waals surface area contributed by atoms with Gasteiger partial charge in [-0.05, 0) is 71.1 Å². The molecule has 5 rings (SSSR count). The number of fused-ring (bicyclic) bond motifs is 1. The van der Waals surface area contributed by atoms with Crippen LogP contribution in [0.5, 0.6) is 0 Å². The Morgan fingerprint density at radius 2 is 1.44 bits per heavy atom. The molecule has 3 aromatic carbocycles. The summed E-state index contributed by atoms with van der Waals surface area (Å²) in [6.45, 7) is 4.53. The van der Waals surface area contributed by atoms with Crippen LogP contribution in [0.15, 0.2) is 83.4 Å². The van der Waals surface area contributed by atoms with Crippen LogP contribution in [0.4, 0.5) is 4.39 Å². The third-order valence-corrected chi connectivity index (χ3v) is 7.05. The van der Waals surface area contributed by atoms with E-state index in [1.54, 1.807) is 42.6 Å². The van der Waals surface area contributed by atoms with Crippen LogP contribution in [0, 0.1) is 11.7 Å². The lowest BCUT2D eigenvalue weighted by molar-refractivity contribution is 0.0944. The molecular formula is C34H31FN4O4. The number of rotatable bonds is 8. The van der Waals surface area contributed by atoms with Crippen molar-refractivity contribution in [2.75, 3.05) is 20.6 Å². The molecule has 0 unspecified atom stereocenters. The van der Waals surface area contributed by atoms with Crippen molar-refractivity contribution in [3.05, 3.63) is 102 Å². The van der Waals surface area contributed by atoms with Gasteiger partial charge in [-0.15, -0.1) is 0 Å². The fourth-order valence-electron chi connectivity index (χ4n) is 4.80. The monoisotopic (exact) mass is 578 g/mol. The molecule has 0 aliphatic heterocycles. The van der Waals surface area contributed by atoms with E-state index in [0.29, 0.717) is 51.1 Å². The summed E-state index contributed by atoms with van der Waals surface area (Å²) in [5.74, 6) is -0.681. The second kappa shape index (κ2) is 12.3. The number of benzene rings is 3. The standard InChI is InChI=1S/C34H31FN4O4/c1-19(2)17-39-32(40)26-15-21(7-12-25(26)23-8-13-28(38-18-23)33(41)36-3)22-9-14-29-27(16-22)30(34(42)37-4)31(43-29)20-5-10-24(35)11-6-20/h5-16,18-19H,17H2,1-4H3,(H,36,41)(H,37,42)(H,39,40). The Morgan fingerprint density at radius 3 is 2.09 bits per heavy atom. The summed E-state index contributed by atoms with van der Waals surface area (Å²) >= 11 is 0. The van der Waals surface area contributed by atoms with Crippen LogP contribution in [-0.2, 0) is 0 Å². The van der Waals surface area contributed by atoms with Crippen molar-refractivity contribution in [1.29, 1.82) is 0 Å². The minimum absolute atomic E-state index is 0.241. The molecule has 0 atom stereocenters. The Morgan fingerprint density at radius 1 is 0.791 bits per heavy atom. The highest BCUT2D eigenvalue weighted by Crippen LogP contribution is 2.37. The van der Waals surface area contributed by atoms with Crippen molar-refractivity contribution in [3.8, 4) is 33.6 Å². The number of amides is 3. The first-order valence-electron chi connectivity index (χ1n) is 13.9. The zero-order valence-electron chi connectivity index (χ0n) is 24.2. The summed E-state index contributed by atoms with van der Waals surface area (Å²) < 4.78 is 19.7. The Kier molecular flexibility index (Phi) is 8.34. The van der Waals surface area contributed by atoms with E-state index in [1.807, 2.05) is 38.1 Å². The molecule has 0 saturated heterocycles. The van der Waals surface area contributed by atoms with Gasteiger partial charge in [0, 0.05) is 48.9 Å². The molecule has 0 aliphatic carbocycles. The van der Waals surface area contributed by atoms with Crippen LogP contribution < -0.4 is 16.0 Å². The average Bonchev–Trinajstić information content (AvgIpc) is 3.41. The van der Waals surface area contributed by atoms with Crippen LogP contribution in [0.2, 0.25) is 0 Å². The molecule has 2 aromatic heterocycles. The number of hydrogen-bond acceptors (Lipinski definition) is 5. The lowest BCUT2D eigenvalue weighted by Gasteiger charge is -2.14. The van der Waals surface area contributed by atoms with Gasteiger partial charge in [-0.3, -0.25) is 19.4 Å². The second-order valence-corrected chi connectivity index (χ2v) is 10.5. The van der Waals surface area contributed by atoms with Crippen LogP contribution in [0.25, 0.3) is 44.5 Å². The highest BCUT2D eigenvalue weighted by atomic mass is 19.1. The van der Waals surface area contributed by atoms with Crippen LogP contribution >= 0.6 is 0 Å². The maximum Gasteiger partial charge on any atom is 0.269 e. The average molecular weight is 579 g/mol. The van der Waals surface area contributed by atoms with Crippen molar-refractivity contribution in [2.45, 2.75) is 13.8 Å². The third-order valence-electron chi connectivity index (χ3n) is 7.05. The van der Waals surface area contributed by atoms with E-state index in [1.165, 1.54) is 26.2 Å². The molecule has 0 radical (unpaired) electrons. The molecule has 3 amide bonds. The van der Waals surface area contributed by atoms with E-state index in [9.17, 15) is 18.8 Å². The Hall–Kier alpha value is -5.31. The van der Waals surface area contributed by atoms with Crippen LogP contribution in [0.1, 0.15) is 45.1 Å². The minimum Gasteiger partial charge on any atom is -0.455 e. The van der Waals surface area contributed by atoms with Crippen molar-refractivity contribution in [2.24, 2.45) is 5.92 Å². The van der Waals surface area contributed by atoms with Gasteiger partial charge in [0.05, 0.1) is 5.56 Å². The number of carbonyl (C=O) groups is 3. The number of nitrogens with zero attached hydrogens (tertiary/aromatic N) is 1. The zero-order valence-corrected chi connectivity index (χ0v) is 24.2. The van der Waals surface area contributed by atoms with Gasteiger partial charge in [0.1, 0.15) is 22.9 Å². The molecular weight excluding hydrogens is 547 g/mol. The quantitative estimate of drug-likeness (QED) is 0.207. The normalized spacial score (nSPS) is 11.0. The summed E-state index contributed by atoms with van der Waals surface area (Å²) in [7, 11) is 3.08. The lowest BCUT2D eigenvalue weighted by Crippen LogP contribution is -2.27. The maximum atomic E-state index is 13.6. The molecule has 43 heavy (non-hydrogen) atoms. The first kappa shape index (κ1) is 29.2. The van der Waals surface area contributed by atoms with Gasteiger partial charge in [0.25, 0.3) is 17.7 Å². The first-order valence-corrected chi connectivity index (χ1v) is 13.9. The zero-order chi connectivity index (χ0) is 30.7. The molecule has 9 heteroatoms. The summed E-state index contributed by atoms with van der Waals surface area (Å²) in [6, 6.07) is 20.2. The summed E-state index contributed by atoms with van der Waals surface area (Å²) in [5.41, 5.74) is 4.98. The summed E-state index contributed by atoms with van der Waals surface area (Å²) in [4.78, 5) is 42.7. The fourth-order valence-corrected chi connectivity index (χ4v) is 4.80. The number of pyridine rings is 1. The van der Waals surface area contributed by atoms with Crippen molar-refractivity contribution < 1.29 is 23.2 Å². The third kappa shape index (κ3) is 6.01. The number of halogens is 1. The van der Waals surface area contributed by atoms with Gasteiger partial charge in [-0.1, -0.05) is 38.1 Å². The topological polar surface area (TPSA) is 113 Å². The molecule has 0 spiro atoms. The molecule has 218 valence electrons. The van der Waals surface area contributed by atoms with Gasteiger partial charge in [0.2, 0.25) is 0 Å². The van der Waals surface area contributed by atoms with Gasteiger partial charge in [0.15, 0.2) is 0 Å². The van der Waals surface area contributed by atoms with Crippen molar-refractivity contribution >= 4 is 28.7 Å². The van der Waals surface area contributed by atoms with Gasteiger partial charge < -0.3 is 20.4 Å². The minimum atomic E-state index is -0.390. The largest absolute Gasteiger partial charge is 0.455 e. The lowest BCUT2D eigenvalue weighted by atomic mass is 9.94. The molecule has 0 saturated carbocycles. The highest BCUT2D eigenvalue weighted by Gasteiger charge is 2.23. The molecule has 0 bridgehead atoms. The molecule has 3 N–H and O–H groups in total. The van der Waals surface area contributed by atoms with Gasteiger partial charge in [-0.2, -0.15) is 0 Å². The SMILES string of the molecule is CNC(=O)c1ccc(-c2ccc(-c3ccc4oc(-c5ccc(F)cc5)c(C(=O)NC)c4c3)cc2C(=O)NCC(C)C)cn1. The van der Waals surface area contributed by atoms with E-state index in [4.69, 9.17) is 4.42 Å². The van der Waals surface area contributed by atoms with Crippen LogP contribution in [-0.4, -0.2) is 43.3 Å². The Bertz CT molecular complexity index is 1830. The molecule has 5 aromatic rings. The number of aromatic nitrogens is 1. The predicted octanol–water partition coefficient (Wildman–Crippen LogP) is 6.07. The predicted molar refractivity (Wildman–Crippen MR) is 164 cm³/mol. The molecule has 0 fully saturated rings. The van der Waals surface area contributed by atoms with Gasteiger partial charge >= 0.3 is 0 Å². The molecule has 2 heterocycles.